The van der Waals surface area contributed by atoms with Gasteiger partial charge in [-0.05, 0) is 48.2 Å². The van der Waals surface area contributed by atoms with E-state index in [2.05, 4.69) is 59.6 Å². The lowest BCUT2D eigenvalue weighted by molar-refractivity contribution is 0.298. The number of nitrogens with one attached hydrogen (secondary N) is 1. The van der Waals surface area contributed by atoms with Gasteiger partial charge in [-0.1, -0.05) is 37.3 Å². The smallest absolute Gasteiger partial charge is 0.143 e. The maximum atomic E-state index is 5.98. The van der Waals surface area contributed by atoms with E-state index in [4.69, 9.17) is 4.74 Å². The molecule has 0 spiro atoms. The van der Waals surface area contributed by atoms with E-state index in [0.717, 1.165) is 44.8 Å². The van der Waals surface area contributed by atoms with Crippen molar-refractivity contribution in [1.82, 2.24) is 5.32 Å². The van der Waals surface area contributed by atoms with Crippen LogP contribution < -0.4 is 15.0 Å². The zero-order chi connectivity index (χ0) is 15.6. The molecule has 2 aliphatic rings. The molecule has 1 N–H and O–H groups in total. The Kier molecular flexibility index (Phi) is 3.96. The fourth-order valence-electron chi connectivity index (χ4n) is 3.85. The van der Waals surface area contributed by atoms with Crippen LogP contribution >= 0.6 is 0 Å². The number of rotatable bonds is 3. The molecular formula is C20H24N2O. The molecule has 1 atom stereocenters. The maximum absolute atomic E-state index is 5.98. The quantitative estimate of drug-likeness (QED) is 0.936. The van der Waals surface area contributed by atoms with E-state index < -0.39 is 0 Å². The van der Waals surface area contributed by atoms with Crippen LogP contribution in [0.15, 0.2) is 42.5 Å². The summed E-state index contributed by atoms with van der Waals surface area (Å²) in [4.78, 5) is 2.54. The lowest BCUT2D eigenvalue weighted by Crippen LogP contribution is -2.36. The summed E-state index contributed by atoms with van der Waals surface area (Å²) in [5.41, 5.74) is 5.53. The summed E-state index contributed by atoms with van der Waals surface area (Å²) in [6.45, 7) is 6.03. The van der Waals surface area contributed by atoms with Crippen LogP contribution in [0.2, 0.25) is 0 Å². The number of ether oxygens (including phenoxy) is 1. The van der Waals surface area contributed by atoms with E-state index in [-0.39, 0.29) is 0 Å². The SMILES string of the molecule is CC[C@@H](c1ccccc1)N1CCOc2cc3c(cc21)CCNC3. The summed E-state index contributed by atoms with van der Waals surface area (Å²) in [5, 5.41) is 3.45. The van der Waals surface area contributed by atoms with Gasteiger partial charge in [0, 0.05) is 6.54 Å². The van der Waals surface area contributed by atoms with Crippen molar-refractivity contribution < 1.29 is 4.74 Å². The van der Waals surface area contributed by atoms with Gasteiger partial charge in [0.1, 0.15) is 12.4 Å². The van der Waals surface area contributed by atoms with Gasteiger partial charge in [0.15, 0.2) is 0 Å². The zero-order valence-corrected chi connectivity index (χ0v) is 13.7. The number of benzene rings is 2. The summed E-state index contributed by atoms with van der Waals surface area (Å²) in [5.74, 6) is 1.05. The van der Waals surface area contributed by atoms with Gasteiger partial charge in [0.25, 0.3) is 0 Å². The Bertz CT molecular complexity index is 684. The van der Waals surface area contributed by atoms with Crippen molar-refractivity contribution in [3.8, 4) is 5.75 Å². The molecule has 4 rings (SSSR count). The monoisotopic (exact) mass is 308 g/mol. The third-order valence-corrected chi connectivity index (χ3v) is 5.01. The molecular weight excluding hydrogens is 284 g/mol. The fraction of sp³-hybridized carbons (Fsp3) is 0.400. The van der Waals surface area contributed by atoms with Gasteiger partial charge in [0.2, 0.25) is 0 Å². The predicted molar refractivity (Wildman–Crippen MR) is 94.2 cm³/mol. The molecule has 0 saturated heterocycles. The van der Waals surface area contributed by atoms with Crippen LogP contribution in [-0.4, -0.2) is 19.7 Å². The van der Waals surface area contributed by atoms with Crippen molar-refractivity contribution in [2.75, 3.05) is 24.6 Å². The minimum atomic E-state index is 0.415. The number of nitrogens with zero attached hydrogens (tertiary/aromatic N) is 1. The lowest BCUT2D eigenvalue weighted by Gasteiger charge is -2.38. The van der Waals surface area contributed by atoms with Gasteiger partial charge in [-0.2, -0.15) is 0 Å². The van der Waals surface area contributed by atoms with Gasteiger partial charge in [-0.25, -0.2) is 0 Å². The first-order valence-corrected chi connectivity index (χ1v) is 8.67. The minimum absolute atomic E-state index is 0.415. The Morgan fingerprint density at radius 2 is 2.04 bits per heavy atom. The van der Waals surface area contributed by atoms with E-state index in [1.807, 2.05) is 0 Å². The maximum Gasteiger partial charge on any atom is 0.143 e. The average Bonchev–Trinajstić information content (AvgIpc) is 2.62. The molecule has 23 heavy (non-hydrogen) atoms. The van der Waals surface area contributed by atoms with Crippen molar-refractivity contribution >= 4 is 5.69 Å². The number of fused-ring (bicyclic) bond motifs is 2. The zero-order valence-electron chi connectivity index (χ0n) is 13.7. The topological polar surface area (TPSA) is 24.5 Å². The molecule has 0 radical (unpaired) electrons. The Morgan fingerprint density at radius 1 is 1.17 bits per heavy atom. The molecule has 0 bridgehead atoms. The molecule has 2 aliphatic heterocycles. The fourth-order valence-corrected chi connectivity index (χ4v) is 3.85. The molecule has 0 aromatic heterocycles. The summed E-state index contributed by atoms with van der Waals surface area (Å²) in [6, 6.07) is 15.9. The highest BCUT2D eigenvalue weighted by atomic mass is 16.5. The molecule has 2 heterocycles. The Morgan fingerprint density at radius 3 is 2.87 bits per heavy atom. The van der Waals surface area contributed by atoms with Gasteiger partial charge in [-0.3, -0.25) is 0 Å². The molecule has 0 unspecified atom stereocenters. The van der Waals surface area contributed by atoms with Crippen LogP contribution in [0, 0.1) is 0 Å². The van der Waals surface area contributed by atoms with Gasteiger partial charge < -0.3 is 15.0 Å². The highest BCUT2D eigenvalue weighted by molar-refractivity contribution is 5.64. The van der Waals surface area contributed by atoms with E-state index >= 15 is 0 Å². The number of hydrogen-bond acceptors (Lipinski definition) is 3. The molecule has 120 valence electrons. The van der Waals surface area contributed by atoms with Gasteiger partial charge in [-0.15, -0.1) is 0 Å². The summed E-state index contributed by atoms with van der Waals surface area (Å²) >= 11 is 0. The van der Waals surface area contributed by atoms with Crippen molar-refractivity contribution in [2.45, 2.75) is 32.4 Å². The first-order valence-electron chi connectivity index (χ1n) is 8.67. The molecule has 2 aromatic rings. The molecule has 0 fully saturated rings. The third kappa shape index (κ3) is 2.70. The molecule has 0 amide bonds. The molecule has 3 nitrogen and oxygen atoms in total. The normalized spacial score (nSPS) is 17.9. The van der Waals surface area contributed by atoms with Crippen molar-refractivity contribution in [3.63, 3.8) is 0 Å². The molecule has 2 aromatic carbocycles. The third-order valence-electron chi connectivity index (χ3n) is 5.01. The lowest BCUT2D eigenvalue weighted by atomic mass is 9.96. The van der Waals surface area contributed by atoms with E-state index in [0.29, 0.717) is 6.04 Å². The molecule has 0 saturated carbocycles. The van der Waals surface area contributed by atoms with E-state index in [9.17, 15) is 0 Å². The second kappa shape index (κ2) is 6.25. The number of anilines is 1. The van der Waals surface area contributed by atoms with Crippen molar-refractivity contribution in [2.24, 2.45) is 0 Å². The molecule has 3 heteroatoms. The highest BCUT2D eigenvalue weighted by Gasteiger charge is 2.27. The summed E-state index contributed by atoms with van der Waals surface area (Å²) in [6.07, 6.45) is 2.21. The largest absolute Gasteiger partial charge is 0.490 e. The molecule has 0 aliphatic carbocycles. The Labute approximate surface area is 138 Å². The van der Waals surface area contributed by atoms with E-state index in [1.54, 1.807) is 0 Å². The second-order valence-electron chi connectivity index (χ2n) is 6.39. The van der Waals surface area contributed by atoms with Gasteiger partial charge >= 0.3 is 0 Å². The highest BCUT2D eigenvalue weighted by Crippen LogP contribution is 2.40. The van der Waals surface area contributed by atoms with Crippen LogP contribution in [0.25, 0.3) is 0 Å². The van der Waals surface area contributed by atoms with Crippen molar-refractivity contribution in [1.29, 1.82) is 0 Å². The van der Waals surface area contributed by atoms with Crippen LogP contribution in [0.3, 0.4) is 0 Å². The van der Waals surface area contributed by atoms with Crippen LogP contribution in [0.4, 0.5) is 5.69 Å². The summed E-state index contributed by atoms with van der Waals surface area (Å²) < 4.78 is 5.98. The number of hydrogen-bond donors (Lipinski definition) is 1. The Hall–Kier alpha value is -2.00. The van der Waals surface area contributed by atoms with Crippen LogP contribution in [-0.2, 0) is 13.0 Å². The van der Waals surface area contributed by atoms with Crippen LogP contribution in [0.5, 0.6) is 5.75 Å². The average molecular weight is 308 g/mol. The first-order chi connectivity index (χ1) is 11.4. The standard InChI is InChI=1S/C20H24N2O/c1-2-18(15-6-4-3-5-7-15)22-10-11-23-20-13-17-14-21-9-8-16(17)12-19(20)22/h3-7,12-13,18,21H,2,8-11,14H2,1H3/t18-/m0/s1. The first kappa shape index (κ1) is 14.6. The second-order valence-corrected chi connectivity index (χ2v) is 6.39. The predicted octanol–water partition coefficient (Wildman–Crippen LogP) is 3.68. The van der Waals surface area contributed by atoms with E-state index in [1.165, 1.54) is 22.4 Å². The van der Waals surface area contributed by atoms with Crippen molar-refractivity contribution in [3.05, 3.63) is 59.2 Å². The Balaban J connectivity index is 1.74. The van der Waals surface area contributed by atoms with Crippen LogP contribution in [0.1, 0.15) is 36.1 Å². The minimum Gasteiger partial charge on any atom is -0.490 e. The van der Waals surface area contributed by atoms with Gasteiger partial charge in [0.05, 0.1) is 18.3 Å². The summed E-state index contributed by atoms with van der Waals surface area (Å²) in [7, 11) is 0.